The van der Waals surface area contributed by atoms with E-state index in [9.17, 15) is 4.79 Å². The van der Waals surface area contributed by atoms with Crippen LogP contribution in [0.5, 0.6) is 0 Å². The van der Waals surface area contributed by atoms with E-state index < -0.39 is 0 Å². The highest BCUT2D eigenvalue weighted by Gasteiger charge is 2.18. The lowest BCUT2D eigenvalue weighted by Crippen LogP contribution is -2.20. The molecule has 1 unspecified atom stereocenters. The number of nitrogens with one attached hydrogen (secondary N) is 1. The number of hydrogen-bond donors (Lipinski definition) is 1. The second-order valence-corrected chi connectivity index (χ2v) is 6.83. The van der Waals surface area contributed by atoms with Crippen LogP contribution in [0.2, 0.25) is 0 Å². The summed E-state index contributed by atoms with van der Waals surface area (Å²) < 4.78 is 7.25. The number of carbonyl (C=O) groups excluding carboxylic acids is 1. The van der Waals surface area contributed by atoms with Crippen LogP contribution in [0.1, 0.15) is 12.0 Å². The molecule has 5 nitrogen and oxygen atoms in total. The molecule has 1 aromatic heterocycles. The van der Waals surface area contributed by atoms with E-state index in [0.717, 1.165) is 36.9 Å². The van der Waals surface area contributed by atoms with E-state index >= 15 is 0 Å². The Balaban J connectivity index is 1.51. The topological polar surface area (TPSA) is 56.2 Å². The first-order chi connectivity index (χ1) is 11.2. The van der Waals surface area contributed by atoms with Gasteiger partial charge in [0.1, 0.15) is 5.82 Å². The lowest BCUT2D eigenvalue weighted by molar-refractivity contribution is -0.113. The van der Waals surface area contributed by atoms with Gasteiger partial charge in [0, 0.05) is 30.0 Å². The summed E-state index contributed by atoms with van der Waals surface area (Å²) in [6.07, 6.45) is 2.77. The van der Waals surface area contributed by atoms with Crippen molar-refractivity contribution in [2.24, 2.45) is 5.92 Å². The fourth-order valence-corrected chi connectivity index (χ4v) is 3.22. The average Bonchev–Trinajstić information content (AvgIpc) is 3.20. The number of benzene rings is 1. The zero-order valence-electron chi connectivity index (χ0n) is 13.2. The van der Waals surface area contributed by atoms with Crippen molar-refractivity contribution in [3.63, 3.8) is 0 Å². The van der Waals surface area contributed by atoms with Gasteiger partial charge >= 0.3 is 0 Å². The molecule has 1 saturated heterocycles. The Kier molecular flexibility index (Phi) is 5.35. The Morgan fingerprint density at radius 2 is 2.22 bits per heavy atom. The number of thioether (sulfide) groups is 1. The van der Waals surface area contributed by atoms with Crippen molar-refractivity contribution in [3.05, 3.63) is 42.1 Å². The van der Waals surface area contributed by atoms with Gasteiger partial charge in [-0.3, -0.25) is 4.79 Å². The van der Waals surface area contributed by atoms with Gasteiger partial charge in [0.05, 0.1) is 18.6 Å². The van der Waals surface area contributed by atoms with Crippen LogP contribution in [0, 0.1) is 12.8 Å². The van der Waals surface area contributed by atoms with Gasteiger partial charge in [0.15, 0.2) is 0 Å². The van der Waals surface area contributed by atoms with Crippen LogP contribution in [-0.2, 0) is 16.1 Å². The van der Waals surface area contributed by atoms with Gasteiger partial charge in [-0.05, 0) is 25.5 Å². The van der Waals surface area contributed by atoms with Gasteiger partial charge in [-0.1, -0.05) is 17.7 Å². The molecule has 1 aliphatic heterocycles. The standard InChI is InChI=1S/C17H21N3O2S/c1-13-2-4-15(5-3-13)23-12-17(21)19-16-6-8-18-20(16)10-14-7-9-22-11-14/h2-6,8,14H,7,9-12H2,1H3,(H,19,21). The van der Waals surface area contributed by atoms with Gasteiger partial charge in [0.2, 0.25) is 5.91 Å². The molecule has 3 rings (SSSR count). The van der Waals surface area contributed by atoms with Crippen LogP contribution in [0.15, 0.2) is 41.4 Å². The number of carbonyl (C=O) groups is 1. The van der Waals surface area contributed by atoms with Gasteiger partial charge in [-0.25, -0.2) is 4.68 Å². The summed E-state index contributed by atoms with van der Waals surface area (Å²) in [5.41, 5.74) is 1.22. The molecule has 0 bridgehead atoms. The van der Waals surface area contributed by atoms with Crippen molar-refractivity contribution in [2.75, 3.05) is 24.3 Å². The first-order valence-corrected chi connectivity index (χ1v) is 8.78. The Morgan fingerprint density at radius 3 is 2.96 bits per heavy atom. The minimum Gasteiger partial charge on any atom is -0.381 e. The van der Waals surface area contributed by atoms with Crippen molar-refractivity contribution in [1.82, 2.24) is 9.78 Å². The van der Waals surface area contributed by atoms with Crippen LogP contribution >= 0.6 is 11.8 Å². The van der Waals surface area contributed by atoms with Crippen molar-refractivity contribution in [3.8, 4) is 0 Å². The molecule has 1 aliphatic rings. The molecule has 122 valence electrons. The molecule has 23 heavy (non-hydrogen) atoms. The molecule has 0 spiro atoms. The smallest absolute Gasteiger partial charge is 0.235 e. The predicted molar refractivity (Wildman–Crippen MR) is 91.7 cm³/mol. The van der Waals surface area contributed by atoms with Crippen LogP contribution in [0.4, 0.5) is 5.82 Å². The fraction of sp³-hybridized carbons (Fsp3) is 0.412. The molecule has 1 atom stereocenters. The highest BCUT2D eigenvalue weighted by Crippen LogP contribution is 2.20. The van der Waals surface area contributed by atoms with E-state index in [-0.39, 0.29) is 5.91 Å². The molecular weight excluding hydrogens is 310 g/mol. The van der Waals surface area contributed by atoms with Crippen LogP contribution in [0.3, 0.4) is 0 Å². The SMILES string of the molecule is Cc1ccc(SCC(=O)Nc2ccnn2CC2CCOC2)cc1. The minimum absolute atomic E-state index is 0.0139. The molecule has 0 aliphatic carbocycles. The zero-order chi connectivity index (χ0) is 16.1. The van der Waals surface area contributed by atoms with Crippen molar-refractivity contribution >= 4 is 23.5 Å². The van der Waals surface area contributed by atoms with Gasteiger partial charge in [-0.2, -0.15) is 5.10 Å². The van der Waals surface area contributed by atoms with Crippen LogP contribution in [0.25, 0.3) is 0 Å². The number of ether oxygens (including phenoxy) is 1. The highest BCUT2D eigenvalue weighted by molar-refractivity contribution is 8.00. The molecule has 1 amide bonds. The number of nitrogens with zero attached hydrogens (tertiary/aromatic N) is 2. The number of amides is 1. The first-order valence-electron chi connectivity index (χ1n) is 7.79. The lowest BCUT2D eigenvalue weighted by Gasteiger charge is -2.12. The first kappa shape index (κ1) is 16.1. The lowest BCUT2D eigenvalue weighted by atomic mass is 10.1. The van der Waals surface area contributed by atoms with E-state index in [2.05, 4.69) is 29.5 Å². The van der Waals surface area contributed by atoms with Crippen molar-refractivity contribution in [2.45, 2.75) is 24.8 Å². The largest absolute Gasteiger partial charge is 0.381 e. The number of anilines is 1. The average molecular weight is 331 g/mol. The van der Waals surface area contributed by atoms with Crippen molar-refractivity contribution in [1.29, 1.82) is 0 Å². The minimum atomic E-state index is -0.0139. The number of rotatable bonds is 6. The van der Waals surface area contributed by atoms with Crippen molar-refractivity contribution < 1.29 is 9.53 Å². The maximum atomic E-state index is 12.1. The van der Waals surface area contributed by atoms with Gasteiger partial charge in [-0.15, -0.1) is 11.8 Å². The Hall–Kier alpha value is -1.79. The third-order valence-electron chi connectivity index (χ3n) is 3.83. The van der Waals surface area contributed by atoms with Crippen LogP contribution in [-0.4, -0.2) is 34.7 Å². The summed E-state index contributed by atoms with van der Waals surface area (Å²) >= 11 is 1.54. The van der Waals surface area contributed by atoms with Crippen LogP contribution < -0.4 is 5.32 Å². The fourth-order valence-electron chi connectivity index (χ4n) is 2.52. The summed E-state index contributed by atoms with van der Waals surface area (Å²) in [5, 5.41) is 7.25. The molecule has 2 aromatic rings. The molecule has 1 fully saturated rings. The number of aryl methyl sites for hydroxylation is 1. The van der Waals surface area contributed by atoms with Gasteiger partial charge < -0.3 is 10.1 Å². The maximum absolute atomic E-state index is 12.1. The van der Waals surface area contributed by atoms with Gasteiger partial charge in [0.25, 0.3) is 0 Å². The molecule has 0 saturated carbocycles. The summed E-state index contributed by atoms with van der Waals surface area (Å²) in [4.78, 5) is 13.2. The molecule has 2 heterocycles. The summed E-state index contributed by atoms with van der Waals surface area (Å²) in [6.45, 7) is 4.43. The predicted octanol–water partition coefficient (Wildman–Crippen LogP) is 2.96. The third kappa shape index (κ3) is 4.59. The van der Waals surface area contributed by atoms with E-state index in [4.69, 9.17) is 4.74 Å². The summed E-state index contributed by atoms with van der Waals surface area (Å²) in [7, 11) is 0. The highest BCUT2D eigenvalue weighted by atomic mass is 32.2. The summed E-state index contributed by atoms with van der Waals surface area (Å²) in [5.74, 6) is 1.61. The molecular formula is C17H21N3O2S. The molecule has 1 N–H and O–H groups in total. The monoisotopic (exact) mass is 331 g/mol. The Bertz CT molecular complexity index is 648. The number of hydrogen-bond acceptors (Lipinski definition) is 4. The van der Waals surface area contributed by atoms with E-state index in [1.165, 1.54) is 17.3 Å². The maximum Gasteiger partial charge on any atom is 0.235 e. The zero-order valence-corrected chi connectivity index (χ0v) is 14.0. The van der Waals surface area contributed by atoms with E-state index in [0.29, 0.717) is 11.7 Å². The normalized spacial score (nSPS) is 17.3. The second kappa shape index (κ2) is 7.66. The molecule has 6 heteroatoms. The third-order valence-corrected chi connectivity index (χ3v) is 4.84. The van der Waals surface area contributed by atoms with E-state index in [1.54, 1.807) is 6.20 Å². The quantitative estimate of drug-likeness (QED) is 0.827. The number of aromatic nitrogens is 2. The second-order valence-electron chi connectivity index (χ2n) is 5.78. The molecule has 0 radical (unpaired) electrons. The van der Waals surface area contributed by atoms with E-state index in [1.807, 2.05) is 22.9 Å². The Morgan fingerprint density at radius 1 is 1.39 bits per heavy atom. The Labute approximate surface area is 140 Å². The summed E-state index contributed by atoms with van der Waals surface area (Å²) in [6, 6.07) is 10.0. The molecule has 1 aromatic carbocycles.